The first-order valence-corrected chi connectivity index (χ1v) is 10.6. The van der Waals surface area contributed by atoms with Crippen molar-refractivity contribution in [3.8, 4) is 0 Å². The monoisotopic (exact) mass is 426 g/mol. The Morgan fingerprint density at radius 1 is 1.16 bits per heavy atom. The van der Waals surface area contributed by atoms with E-state index in [4.69, 9.17) is 9.47 Å². The van der Waals surface area contributed by atoms with Crippen LogP contribution in [0.3, 0.4) is 0 Å². The van der Waals surface area contributed by atoms with Crippen LogP contribution in [0.1, 0.15) is 76.0 Å². The van der Waals surface area contributed by atoms with Crippen LogP contribution in [0.4, 0.5) is 0 Å². The maximum Gasteiger partial charge on any atom is 0.355 e. The van der Waals surface area contributed by atoms with Crippen LogP contribution in [-0.4, -0.2) is 47.5 Å². The largest absolute Gasteiger partial charge is 0.459 e. The summed E-state index contributed by atoms with van der Waals surface area (Å²) >= 11 is 0. The van der Waals surface area contributed by atoms with Crippen LogP contribution in [0.15, 0.2) is 24.3 Å². The Bertz CT molecular complexity index is 992. The number of aromatic amines is 1. The lowest BCUT2D eigenvalue weighted by Crippen LogP contribution is -2.36. The van der Waals surface area contributed by atoms with Crippen LogP contribution >= 0.6 is 0 Å². The number of hydrogen-bond donors (Lipinski definition) is 1. The van der Waals surface area contributed by atoms with Crippen LogP contribution in [0, 0.1) is 13.8 Å². The van der Waals surface area contributed by atoms with E-state index in [1.165, 1.54) is 5.56 Å². The number of likely N-dealkylation sites (N-methyl/N-ethyl adjacent to an activating group) is 1. The number of ether oxygens (including phenoxy) is 2. The van der Waals surface area contributed by atoms with Crippen molar-refractivity contribution >= 4 is 17.8 Å². The first kappa shape index (κ1) is 22.6. The van der Waals surface area contributed by atoms with Crippen molar-refractivity contribution in [2.45, 2.75) is 59.1 Å². The van der Waals surface area contributed by atoms with Crippen molar-refractivity contribution in [3.63, 3.8) is 0 Å². The molecule has 2 aromatic rings. The summed E-state index contributed by atoms with van der Waals surface area (Å²) in [5, 5.41) is 0. The number of aryl methyl sites for hydroxylation is 2. The van der Waals surface area contributed by atoms with E-state index in [1.807, 2.05) is 12.1 Å². The van der Waals surface area contributed by atoms with Gasteiger partial charge in [0.25, 0.3) is 5.91 Å². The van der Waals surface area contributed by atoms with Crippen LogP contribution in [0.5, 0.6) is 0 Å². The summed E-state index contributed by atoms with van der Waals surface area (Å²) in [6.45, 7) is 6.51. The average molecular weight is 427 g/mol. The number of fused-ring (bicyclic) bond motifs is 1. The van der Waals surface area contributed by atoms with Gasteiger partial charge in [-0.15, -0.1) is 0 Å². The van der Waals surface area contributed by atoms with E-state index < -0.39 is 11.9 Å². The summed E-state index contributed by atoms with van der Waals surface area (Å²) in [7, 11) is 1.74. The highest BCUT2D eigenvalue weighted by Crippen LogP contribution is 2.33. The maximum absolute atomic E-state index is 12.7. The van der Waals surface area contributed by atoms with E-state index in [2.05, 4.69) is 17.1 Å². The van der Waals surface area contributed by atoms with Crippen LogP contribution in [-0.2, 0) is 20.7 Å². The van der Waals surface area contributed by atoms with Crippen LogP contribution < -0.4 is 0 Å². The fraction of sp³-hybridized carbons (Fsp3) is 0.458. The van der Waals surface area contributed by atoms with Crippen molar-refractivity contribution in [3.05, 3.63) is 57.9 Å². The molecule has 0 spiro atoms. The summed E-state index contributed by atoms with van der Waals surface area (Å²) in [5.74, 6) is -1.43. The SMILES string of the molecule is Cc1[nH]c(C(=O)OCC(=O)N(C)[C@H]2CCCc3ccccc32)c(C)c1C(=O)OC(C)C. The Balaban J connectivity index is 1.66. The van der Waals surface area contributed by atoms with Gasteiger partial charge in [0, 0.05) is 12.7 Å². The molecule has 1 aromatic carbocycles. The van der Waals surface area contributed by atoms with E-state index in [-0.39, 0.29) is 30.4 Å². The summed E-state index contributed by atoms with van der Waals surface area (Å²) in [5.41, 5.74) is 3.87. The van der Waals surface area contributed by atoms with E-state index in [1.54, 1.807) is 39.6 Å². The summed E-state index contributed by atoms with van der Waals surface area (Å²) < 4.78 is 10.5. The van der Waals surface area contributed by atoms with Gasteiger partial charge >= 0.3 is 11.9 Å². The van der Waals surface area contributed by atoms with Crippen molar-refractivity contribution in [2.24, 2.45) is 0 Å². The highest BCUT2D eigenvalue weighted by Gasteiger charge is 2.28. The molecule has 31 heavy (non-hydrogen) atoms. The van der Waals surface area contributed by atoms with Crippen molar-refractivity contribution in [1.29, 1.82) is 0 Å². The Morgan fingerprint density at radius 3 is 2.58 bits per heavy atom. The second-order valence-electron chi connectivity index (χ2n) is 8.27. The van der Waals surface area contributed by atoms with Crippen LogP contribution in [0.2, 0.25) is 0 Å². The molecule has 7 nitrogen and oxygen atoms in total. The number of nitrogens with one attached hydrogen (secondary N) is 1. The Morgan fingerprint density at radius 2 is 1.87 bits per heavy atom. The van der Waals surface area contributed by atoms with E-state index in [0.29, 0.717) is 16.8 Å². The fourth-order valence-corrected chi connectivity index (χ4v) is 4.14. The van der Waals surface area contributed by atoms with E-state index in [9.17, 15) is 14.4 Å². The standard InChI is InChI=1S/C24H30N2O5/c1-14(2)31-23(28)21-15(3)22(25-16(21)4)24(29)30-13-20(27)26(5)19-12-8-10-17-9-6-7-11-18(17)19/h6-7,9,11,14,19,25H,8,10,12-13H2,1-5H3/t19-/m0/s1. The number of amides is 1. The number of benzene rings is 1. The molecule has 0 saturated carbocycles. The second kappa shape index (κ2) is 9.37. The van der Waals surface area contributed by atoms with Gasteiger partial charge in [0.15, 0.2) is 6.61 Å². The molecule has 3 rings (SSSR count). The Labute approximate surface area is 182 Å². The van der Waals surface area contributed by atoms with Gasteiger partial charge in [0.05, 0.1) is 17.7 Å². The highest BCUT2D eigenvalue weighted by molar-refractivity contribution is 5.99. The van der Waals surface area contributed by atoms with Gasteiger partial charge in [-0.3, -0.25) is 4.79 Å². The van der Waals surface area contributed by atoms with Gasteiger partial charge in [0.1, 0.15) is 5.69 Å². The summed E-state index contributed by atoms with van der Waals surface area (Å²) in [4.78, 5) is 42.2. The van der Waals surface area contributed by atoms with Crippen molar-refractivity contribution in [1.82, 2.24) is 9.88 Å². The molecule has 0 bridgehead atoms. The molecule has 1 N–H and O–H groups in total. The zero-order valence-corrected chi connectivity index (χ0v) is 18.8. The molecule has 1 heterocycles. The fourth-order valence-electron chi connectivity index (χ4n) is 4.14. The lowest BCUT2D eigenvalue weighted by molar-refractivity contribution is -0.135. The zero-order chi connectivity index (χ0) is 22.7. The molecular weight excluding hydrogens is 396 g/mol. The molecule has 1 aromatic heterocycles. The third kappa shape index (κ3) is 4.81. The Kier molecular flexibility index (Phi) is 6.83. The second-order valence-corrected chi connectivity index (χ2v) is 8.27. The predicted octanol–water partition coefficient (Wildman–Crippen LogP) is 3.89. The van der Waals surface area contributed by atoms with Gasteiger partial charge in [-0.1, -0.05) is 24.3 Å². The Hall–Kier alpha value is -3.09. The molecule has 0 unspecified atom stereocenters. The number of esters is 2. The van der Waals surface area contributed by atoms with Crippen molar-refractivity contribution in [2.75, 3.05) is 13.7 Å². The smallest absolute Gasteiger partial charge is 0.355 e. The van der Waals surface area contributed by atoms with Gasteiger partial charge in [-0.25, -0.2) is 9.59 Å². The van der Waals surface area contributed by atoms with Crippen LogP contribution in [0.25, 0.3) is 0 Å². The minimum absolute atomic E-state index is 0.0250. The topological polar surface area (TPSA) is 88.7 Å². The number of rotatable bonds is 6. The van der Waals surface area contributed by atoms with Gasteiger partial charge in [-0.05, 0) is 63.6 Å². The van der Waals surface area contributed by atoms with E-state index >= 15 is 0 Å². The summed E-state index contributed by atoms with van der Waals surface area (Å²) in [6, 6.07) is 8.11. The van der Waals surface area contributed by atoms with E-state index in [0.717, 1.165) is 24.8 Å². The minimum Gasteiger partial charge on any atom is -0.459 e. The quantitative estimate of drug-likeness (QED) is 0.708. The molecule has 166 valence electrons. The molecule has 1 atom stereocenters. The zero-order valence-electron chi connectivity index (χ0n) is 18.8. The summed E-state index contributed by atoms with van der Waals surface area (Å²) in [6.07, 6.45) is 2.63. The molecule has 1 aliphatic rings. The van der Waals surface area contributed by atoms with Gasteiger partial charge in [0.2, 0.25) is 0 Å². The number of aromatic nitrogens is 1. The first-order valence-electron chi connectivity index (χ1n) is 10.6. The molecule has 0 fully saturated rings. The number of carbonyl (C=O) groups excluding carboxylic acids is 3. The van der Waals surface area contributed by atoms with Gasteiger partial charge < -0.3 is 19.4 Å². The third-order valence-corrected chi connectivity index (χ3v) is 5.71. The lowest BCUT2D eigenvalue weighted by atomic mass is 9.87. The molecule has 0 aliphatic heterocycles. The number of carbonyl (C=O) groups is 3. The molecule has 0 saturated heterocycles. The maximum atomic E-state index is 12.7. The molecule has 1 aliphatic carbocycles. The lowest BCUT2D eigenvalue weighted by Gasteiger charge is -2.33. The molecular formula is C24H30N2O5. The molecule has 0 radical (unpaired) electrons. The first-order chi connectivity index (χ1) is 14.7. The molecule has 7 heteroatoms. The number of hydrogen-bond acceptors (Lipinski definition) is 5. The number of H-pyrrole nitrogens is 1. The predicted molar refractivity (Wildman–Crippen MR) is 116 cm³/mol. The highest BCUT2D eigenvalue weighted by atomic mass is 16.5. The van der Waals surface area contributed by atoms with Crippen molar-refractivity contribution < 1.29 is 23.9 Å². The number of nitrogens with zero attached hydrogens (tertiary/aromatic N) is 1. The average Bonchev–Trinajstić information content (AvgIpc) is 3.04. The normalized spacial score (nSPS) is 15.4. The third-order valence-electron chi connectivity index (χ3n) is 5.71. The van der Waals surface area contributed by atoms with Gasteiger partial charge in [-0.2, -0.15) is 0 Å². The molecule has 1 amide bonds. The minimum atomic E-state index is -0.671.